The Balaban J connectivity index is 3.35. The van der Waals surface area contributed by atoms with E-state index in [4.69, 9.17) is 0 Å². The minimum absolute atomic E-state index is 0.315. The number of carbonyl (C=O) groups is 1. The third-order valence-corrected chi connectivity index (χ3v) is 2.91. The van der Waals surface area contributed by atoms with Crippen LogP contribution in [0.2, 0.25) is 0 Å². The average Bonchev–Trinajstić information content (AvgIpc) is 2.01. The van der Waals surface area contributed by atoms with Crippen molar-refractivity contribution in [2.24, 2.45) is 0 Å². The van der Waals surface area contributed by atoms with E-state index in [0.29, 0.717) is 5.56 Å². The standard InChI is InChI=1S/C11H14O2P/c1-7-5-8(2)10(9(3)6-7)11(12)14(4)13/h5-6,14H,4H2,1-3H3. The fourth-order valence-corrected chi connectivity index (χ4v) is 2.35. The monoisotopic (exact) mass is 209 g/mol. The lowest BCUT2D eigenvalue weighted by atomic mass is 10.0. The van der Waals surface area contributed by atoms with Crippen molar-refractivity contribution in [1.29, 1.82) is 0 Å². The maximum absolute atomic E-state index is 11.6. The highest BCUT2D eigenvalue weighted by Crippen LogP contribution is 2.28. The van der Waals surface area contributed by atoms with Crippen molar-refractivity contribution in [1.82, 2.24) is 0 Å². The molecule has 0 amide bonds. The third-order valence-electron chi connectivity index (χ3n) is 2.16. The van der Waals surface area contributed by atoms with Gasteiger partial charge in [-0.05, 0) is 31.9 Å². The molecule has 1 atom stereocenters. The summed E-state index contributed by atoms with van der Waals surface area (Å²) in [4.78, 5) is 11.6. The summed E-state index contributed by atoms with van der Waals surface area (Å²) in [6.45, 7) is 9.01. The smallest absolute Gasteiger partial charge is 0.219 e. The Labute approximate surface area is 85.1 Å². The number of carbonyl (C=O) groups excluding carboxylic acids is 1. The van der Waals surface area contributed by atoms with Gasteiger partial charge in [0.25, 0.3) is 0 Å². The molecular formula is C11H14O2P. The second kappa shape index (κ2) is 4.10. The van der Waals surface area contributed by atoms with Gasteiger partial charge in [-0.25, -0.2) is 0 Å². The molecule has 0 fully saturated rings. The van der Waals surface area contributed by atoms with Gasteiger partial charge in [-0.15, -0.1) is 0 Å². The maximum Gasteiger partial charge on any atom is 0.219 e. The van der Waals surface area contributed by atoms with E-state index in [0.717, 1.165) is 16.7 Å². The fourth-order valence-electron chi connectivity index (χ4n) is 1.68. The molecule has 0 aliphatic carbocycles. The van der Waals surface area contributed by atoms with E-state index in [-0.39, 0.29) is 5.52 Å². The van der Waals surface area contributed by atoms with Crippen molar-refractivity contribution < 1.29 is 9.36 Å². The largest absolute Gasteiger partial charge is 0.318 e. The molecule has 0 saturated carbocycles. The van der Waals surface area contributed by atoms with Crippen molar-refractivity contribution in [3.63, 3.8) is 0 Å². The van der Waals surface area contributed by atoms with E-state index in [1.54, 1.807) is 0 Å². The number of benzene rings is 1. The molecule has 1 aromatic rings. The molecule has 1 aromatic carbocycles. The Morgan fingerprint density at radius 2 is 1.64 bits per heavy atom. The van der Waals surface area contributed by atoms with Gasteiger partial charge in [0, 0.05) is 12.2 Å². The zero-order chi connectivity index (χ0) is 10.9. The van der Waals surface area contributed by atoms with Crippen molar-refractivity contribution in [3.8, 4) is 0 Å². The Hall–Kier alpha value is -0.880. The van der Waals surface area contributed by atoms with E-state index < -0.39 is 7.80 Å². The molecule has 1 unspecified atom stereocenters. The second-order valence-corrected chi connectivity index (χ2v) is 4.83. The predicted octanol–water partition coefficient (Wildman–Crippen LogP) is 3.10. The lowest BCUT2D eigenvalue weighted by molar-refractivity contribution is 0.107. The molecule has 0 saturated heterocycles. The van der Waals surface area contributed by atoms with Crippen molar-refractivity contribution in [3.05, 3.63) is 41.1 Å². The maximum atomic E-state index is 11.6. The Bertz CT molecular complexity index is 385. The summed E-state index contributed by atoms with van der Waals surface area (Å²) in [5, 5.41) is 0. The summed E-state index contributed by atoms with van der Waals surface area (Å²) in [7, 11) is -2.36. The van der Waals surface area contributed by atoms with Crippen LogP contribution < -0.4 is 0 Å². The van der Waals surface area contributed by atoms with Crippen molar-refractivity contribution in [2.45, 2.75) is 20.8 Å². The van der Waals surface area contributed by atoms with Crippen LogP contribution in [0.4, 0.5) is 0 Å². The van der Waals surface area contributed by atoms with Gasteiger partial charge in [-0.3, -0.25) is 4.79 Å². The van der Waals surface area contributed by atoms with Crippen LogP contribution in [0.1, 0.15) is 27.0 Å². The van der Waals surface area contributed by atoms with Gasteiger partial charge in [-0.2, -0.15) is 0 Å². The molecule has 0 N–H and O–H groups in total. The molecule has 3 heteroatoms. The third kappa shape index (κ3) is 2.13. The molecule has 0 aromatic heterocycles. The van der Waals surface area contributed by atoms with E-state index in [1.165, 1.54) is 0 Å². The average molecular weight is 209 g/mol. The summed E-state index contributed by atoms with van der Waals surface area (Å²) >= 11 is 0. The number of aryl methyl sites for hydroxylation is 3. The second-order valence-electron chi connectivity index (χ2n) is 3.53. The van der Waals surface area contributed by atoms with Gasteiger partial charge in [-0.1, -0.05) is 17.7 Å². The minimum atomic E-state index is -2.36. The molecule has 0 heterocycles. The molecule has 75 valence electrons. The molecule has 0 aliphatic rings. The molecule has 0 aliphatic heterocycles. The number of hydrogen-bond donors (Lipinski definition) is 0. The highest BCUT2D eigenvalue weighted by atomic mass is 31.1. The zero-order valence-electron chi connectivity index (χ0n) is 8.68. The zero-order valence-corrected chi connectivity index (χ0v) is 9.68. The summed E-state index contributed by atoms with van der Waals surface area (Å²) in [6, 6.07) is 3.84. The first-order chi connectivity index (χ1) is 6.43. The first-order valence-electron chi connectivity index (χ1n) is 4.42. The van der Waals surface area contributed by atoms with E-state index in [1.807, 2.05) is 32.9 Å². The topological polar surface area (TPSA) is 34.1 Å². The van der Waals surface area contributed by atoms with Crippen LogP contribution in [0.25, 0.3) is 0 Å². The minimum Gasteiger partial charge on any atom is -0.318 e. The SMILES string of the molecule is [CH2][PH](=O)C(=O)c1c(C)cc(C)cc1C. The van der Waals surface area contributed by atoms with Gasteiger partial charge < -0.3 is 4.57 Å². The normalized spacial score (nSPS) is 12.6. The number of rotatable bonds is 2. The van der Waals surface area contributed by atoms with Crippen LogP contribution in [0.3, 0.4) is 0 Å². The molecular weight excluding hydrogens is 195 g/mol. The lowest BCUT2D eigenvalue weighted by Gasteiger charge is -2.08. The van der Waals surface area contributed by atoms with Crippen LogP contribution in [-0.4, -0.2) is 5.52 Å². The van der Waals surface area contributed by atoms with Crippen LogP contribution in [-0.2, 0) is 4.57 Å². The first-order valence-corrected chi connectivity index (χ1v) is 6.03. The summed E-state index contributed by atoms with van der Waals surface area (Å²) in [5.74, 6) is 0. The Morgan fingerprint density at radius 1 is 1.21 bits per heavy atom. The van der Waals surface area contributed by atoms with E-state index >= 15 is 0 Å². The van der Waals surface area contributed by atoms with Crippen molar-refractivity contribution >= 4 is 13.3 Å². The van der Waals surface area contributed by atoms with E-state index in [9.17, 15) is 9.36 Å². The first kappa shape index (κ1) is 11.2. The molecule has 14 heavy (non-hydrogen) atoms. The van der Waals surface area contributed by atoms with E-state index in [2.05, 4.69) is 6.66 Å². The van der Waals surface area contributed by atoms with Crippen LogP contribution in [0.15, 0.2) is 12.1 Å². The Kier molecular flexibility index (Phi) is 3.28. The molecule has 0 spiro atoms. The lowest BCUT2D eigenvalue weighted by Crippen LogP contribution is -2.00. The van der Waals surface area contributed by atoms with Crippen LogP contribution in [0.5, 0.6) is 0 Å². The fraction of sp³-hybridized carbons (Fsp3) is 0.273. The predicted molar refractivity (Wildman–Crippen MR) is 59.3 cm³/mol. The highest BCUT2D eigenvalue weighted by Gasteiger charge is 2.15. The molecule has 2 nitrogen and oxygen atoms in total. The summed E-state index contributed by atoms with van der Waals surface area (Å²) in [5.41, 5.74) is 3.14. The Morgan fingerprint density at radius 3 is 2.00 bits per heavy atom. The van der Waals surface area contributed by atoms with Crippen LogP contribution >= 0.6 is 7.80 Å². The summed E-state index contributed by atoms with van der Waals surface area (Å²) < 4.78 is 11.1. The van der Waals surface area contributed by atoms with Gasteiger partial charge >= 0.3 is 0 Å². The van der Waals surface area contributed by atoms with Gasteiger partial charge in [0.05, 0.1) is 0 Å². The molecule has 0 bridgehead atoms. The van der Waals surface area contributed by atoms with Gasteiger partial charge in [0.1, 0.15) is 7.80 Å². The van der Waals surface area contributed by atoms with Gasteiger partial charge in [0.15, 0.2) is 0 Å². The molecule has 1 rings (SSSR count). The number of hydrogen-bond acceptors (Lipinski definition) is 2. The summed E-state index contributed by atoms with van der Waals surface area (Å²) in [6.07, 6.45) is 0. The highest BCUT2D eigenvalue weighted by molar-refractivity contribution is 7.65. The van der Waals surface area contributed by atoms with Gasteiger partial charge in [0.2, 0.25) is 5.52 Å². The quantitative estimate of drug-likeness (QED) is 0.701. The molecule has 1 radical (unpaired) electrons. The van der Waals surface area contributed by atoms with Crippen molar-refractivity contribution in [2.75, 3.05) is 0 Å². The van der Waals surface area contributed by atoms with Crippen LogP contribution in [0, 0.1) is 27.4 Å².